The van der Waals surface area contributed by atoms with Crippen LogP contribution in [-0.2, 0) is 21.2 Å². The number of piperazine rings is 1. The molecule has 0 radical (unpaired) electrons. The first-order chi connectivity index (χ1) is 11.0. The third-order valence-electron chi connectivity index (χ3n) is 4.98. The minimum Gasteiger partial charge on any atom is -0.340 e. The zero-order chi connectivity index (χ0) is 16.4. The molecule has 5 nitrogen and oxygen atoms in total. The summed E-state index contributed by atoms with van der Waals surface area (Å²) in [6.45, 7) is 3.48. The third-order valence-corrected chi connectivity index (χ3v) is 6.86. The van der Waals surface area contributed by atoms with Gasteiger partial charge in [-0.1, -0.05) is 24.3 Å². The number of nitrogens with zero attached hydrogens (tertiary/aromatic N) is 2. The standard InChI is InChI=1S/C17H24N2O3S/c1-2-23(21,22)19-12-10-18(11-13-19)17(20)16-9-5-7-14-6-3-4-8-15(14)16/h3-4,6,8,16H,2,5,7,9-13H2,1H3/t16-/m1/s1. The van der Waals surface area contributed by atoms with Crippen molar-refractivity contribution in [3.63, 3.8) is 0 Å². The van der Waals surface area contributed by atoms with Crippen LogP contribution in [0.5, 0.6) is 0 Å². The van der Waals surface area contributed by atoms with Gasteiger partial charge in [-0.3, -0.25) is 4.79 Å². The smallest absolute Gasteiger partial charge is 0.230 e. The van der Waals surface area contributed by atoms with Gasteiger partial charge in [0.05, 0.1) is 11.7 Å². The summed E-state index contributed by atoms with van der Waals surface area (Å²) in [7, 11) is -3.15. The van der Waals surface area contributed by atoms with E-state index >= 15 is 0 Å². The van der Waals surface area contributed by atoms with Crippen molar-refractivity contribution >= 4 is 15.9 Å². The Balaban J connectivity index is 1.69. The summed E-state index contributed by atoms with van der Waals surface area (Å²) in [5, 5.41) is 0. The van der Waals surface area contributed by atoms with Gasteiger partial charge in [0.25, 0.3) is 0 Å². The zero-order valence-electron chi connectivity index (χ0n) is 13.6. The van der Waals surface area contributed by atoms with Crippen LogP contribution in [0.3, 0.4) is 0 Å². The van der Waals surface area contributed by atoms with E-state index in [1.807, 2.05) is 17.0 Å². The lowest BCUT2D eigenvalue weighted by Crippen LogP contribution is -2.52. The zero-order valence-corrected chi connectivity index (χ0v) is 14.4. The molecule has 1 aromatic rings. The van der Waals surface area contributed by atoms with Crippen molar-refractivity contribution in [2.45, 2.75) is 32.1 Å². The van der Waals surface area contributed by atoms with Crippen molar-refractivity contribution in [3.05, 3.63) is 35.4 Å². The van der Waals surface area contributed by atoms with Crippen molar-refractivity contribution in [2.75, 3.05) is 31.9 Å². The van der Waals surface area contributed by atoms with Crippen molar-refractivity contribution in [1.29, 1.82) is 0 Å². The number of amides is 1. The summed E-state index contributed by atoms with van der Waals surface area (Å²) in [6, 6.07) is 8.20. The summed E-state index contributed by atoms with van der Waals surface area (Å²) in [5.41, 5.74) is 2.44. The second kappa shape index (κ2) is 6.61. The quantitative estimate of drug-likeness (QED) is 0.842. The number of carbonyl (C=O) groups is 1. The first kappa shape index (κ1) is 16.5. The van der Waals surface area contributed by atoms with Gasteiger partial charge in [-0.2, -0.15) is 4.31 Å². The molecule has 1 amide bonds. The Bertz CT molecular complexity index is 679. The normalized spacial score (nSPS) is 22.7. The fourth-order valence-corrected chi connectivity index (χ4v) is 4.68. The van der Waals surface area contributed by atoms with Gasteiger partial charge in [0, 0.05) is 26.2 Å². The fourth-order valence-electron chi connectivity index (χ4n) is 3.60. The summed E-state index contributed by atoms with van der Waals surface area (Å²) in [4.78, 5) is 14.7. The van der Waals surface area contributed by atoms with Gasteiger partial charge >= 0.3 is 0 Å². The number of fused-ring (bicyclic) bond motifs is 1. The van der Waals surface area contributed by atoms with E-state index in [-0.39, 0.29) is 17.6 Å². The van der Waals surface area contributed by atoms with Crippen LogP contribution in [0.4, 0.5) is 0 Å². The van der Waals surface area contributed by atoms with Crippen LogP contribution in [-0.4, -0.2) is 55.5 Å². The van der Waals surface area contributed by atoms with Gasteiger partial charge in [0.15, 0.2) is 0 Å². The molecule has 2 aliphatic rings. The lowest BCUT2D eigenvalue weighted by atomic mass is 9.82. The van der Waals surface area contributed by atoms with Gasteiger partial charge in [0.2, 0.25) is 15.9 Å². The maximum absolute atomic E-state index is 12.9. The molecular formula is C17H24N2O3S. The molecule has 0 bridgehead atoms. The SMILES string of the molecule is CCS(=O)(=O)N1CCN(C(=O)[C@@H]2CCCc3ccccc32)CC1. The second-order valence-electron chi connectivity index (χ2n) is 6.27. The molecule has 1 aromatic carbocycles. The molecule has 1 atom stereocenters. The Kier molecular flexibility index (Phi) is 4.73. The number of sulfonamides is 1. The highest BCUT2D eigenvalue weighted by atomic mass is 32.2. The number of hydrogen-bond donors (Lipinski definition) is 0. The third kappa shape index (κ3) is 3.28. The maximum atomic E-state index is 12.9. The Morgan fingerprint density at radius 2 is 1.87 bits per heavy atom. The highest BCUT2D eigenvalue weighted by Crippen LogP contribution is 2.33. The maximum Gasteiger partial charge on any atom is 0.230 e. The van der Waals surface area contributed by atoms with Crippen LogP contribution >= 0.6 is 0 Å². The number of aryl methyl sites for hydroxylation is 1. The average Bonchev–Trinajstić information content (AvgIpc) is 2.60. The van der Waals surface area contributed by atoms with Crippen LogP contribution in [0.15, 0.2) is 24.3 Å². The van der Waals surface area contributed by atoms with E-state index in [2.05, 4.69) is 12.1 Å². The summed E-state index contributed by atoms with van der Waals surface area (Å²) in [6.07, 6.45) is 2.98. The molecule has 1 fully saturated rings. The molecule has 0 aromatic heterocycles. The average molecular weight is 336 g/mol. The van der Waals surface area contributed by atoms with Crippen LogP contribution in [0.25, 0.3) is 0 Å². The van der Waals surface area contributed by atoms with Crippen LogP contribution < -0.4 is 0 Å². The molecule has 0 N–H and O–H groups in total. The second-order valence-corrected chi connectivity index (χ2v) is 8.53. The Labute approximate surface area is 138 Å². The topological polar surface area (TPSA) is 57.7 Å². The highest BCUT2D eigenvalue weighted by Gasteiger charge is 2.33. The van der Waals surface area contributed by atoms with E-state index in [9.17, 15) is 13.2 Å². The van der Waals surface area contributed by atoms with Crippen molar-refractivity contribution < 1.29 is 13.2 Å². The van der Waals surface area contributed by atoms with Crippen molar-refractivity contribution in [2.24, 2.45) is 0 Å². The summed E-state index contributed by atoms with van der Waals surface area (Å²) in [5.74, 6) is 0.219. The van der Waals surface area contributed by atoms with Gasteiger partial charge < -0.3 is 4.90 Å². The lowest BCUT2D eigenvalue weighted by Gasteiger charge is -2.37. The highest BCUT2D eigenvalue weighted by molar-refractivity contribution is 7.89. The number of hydrogen-bond acceptors (Lipinski definition) is 3. The Morgan fingerprint density at radius 3 is 2.57 bits per heavy atom. The molecule has 1 aliphatic heterocycles. The van der Waals surface area contributed by atoms with Crippen LogP contribution in [0.1, 0.15) is 36.8 Å². The van der Waals surface area contributed by atoms with Crippen molar-refractivity contribution in [3.8, 4) is 0 Å². The van der Waals surface area contributed by atoms with E-state index in [1.54, 1.807) is 6.92 Å². The van der Waals surface area contributed by atoms with Gasteiger partial charge in [-0.25, -0.2) is 8.42 Å². The van der Waals surface area contributed by atoms with E-state index < -0.39 is 10.0 Å². The molecule has 1 heterocycles. The van der Waals surface area contributed by atoms with E-state index in [1.165, 1.54) is 9.87 Å². The monoisotopic (exact) mass is 336 g/mol. The lowest BCUT2D eigenvalue weighted by molar-refractivity contribution is -0.134. The predicted molar refractivity (Wildman–Crippen MR) is 89.7 cm³/mol. The molecule has 23 heavy (non-hydrogen) atoms. The van der Waals surface area contributed by atoms with Crippen molar-refractivity contribution in [1.82, 2.24) is 9.21 Å². The van der Waals surface area contributed by atoms with E-state index in [0.717, 1.165) is 24.8 Å². The van der Waals surface area contributed by atoms with Gasteiger partial charge in [0.1, 0.15) is 0 Å². The first-order valence-electron chi connectivity index (χ1n) is 8.37. The Hall–Kier alpha value is -1.40. The molecule has 126 valence electrons. The predicted octanol–water partition coefficient (Wildman–Crippen LogP) is 1.60. The van der Waals surface area contributed by atoms with Crippen LogP contribution in [0.2, 0.25) is 0 Å². The molecule has 0 unspecified atom stereocenters. The van der Waals surface area contributed by atoms with E-state index in [0.29, 0.717) is 26.2 Å². The number of carbonyl (C=O) groups excluding carboxylic acids is 1. The largest absolute Gasteiger partial charge is 0.340 e. The molecular weight excluding hydrogens is 312 g/mol. The minimum absolute atomic E-state index is 0.0608. The van der Waals surface area contributed by atoms with Crippen LogP contribution in [0, 0.1) is 0 Å². The minimum atomic E-state index is -3.15. The fraction of sp³-hybridized carbons (Fsp3) is 0.588. The summed E-state index contributed by atoms with van der Waals surface area (Å²) < 4.78 is 25.3. The molecule has 3 rings (SSSR count). The Morgan fingerprint density at radius 1 is 1.17 bits per heavy atom. The van der Waals surface area contributed by atoms with Gasteiger partial charge in [-0.15, -0.1) is 0 Å². The van der Waals surface area contributed by atoms with E-state index in [4.69, 9.17) is 0 Å². The summed E-state index contributed by atoms with van der Waals surface area (Å²) >= 11 is 0. The molecule has 1 aliphatic carbocycles. The molecule has 1 saturated heterocycles. The first-order valence-corrected chi connectivity index (χ1v) is 9.98. The van der Waals surface area contributed by atoms with Gasteiger partial charge in [-0.05, 0) is 37.3 Å². The molecule has 0 spiro atoms. The number of rotatable bonds is 3. The molecule has 6 heteroatoms. The number of benzene rings is 1. The molecule has 0 saturated carbocycles.